The van der Waals surface area contributed by atoms with Gasteiger partial charge >= 0.3 is 0 Å². The van der Waals surface area contributed by atoms with Crippen LogP contribution < -0.4 is 5.73 Å². The van der Waals surface area contributed by atoms with Crippen molar-refractivity contribution < 1.29 is 4.79 Å². The second-order valence-corrected chi connectivity index (χ2v) is 4.73. The summed E-state index contributed by atoms with van der Waals surface area (Å²) in [6.45, 7) is 1.72. The van der Waals surface area contributed by atoms with E-state index in [0.29, 0.717) is 5.92 Å². The molecule has 2 aliphatic rings. The number of piperidine rings is 1. The molecule has 1 amide bonds. The molecule has 3 rings (SSSR count). The number of carbonyl (C=O) groups is 1. The Morgan fingerprint density at radius 3 is 2.81 bits per heavy atom. The van der Waals surface area contributed by atoms with Crippen LogP contribution in [0.5, 0.6) is 0 Å². The lowest BCUT2D eigenvalue weighted by Crippen LogP contribution is -2.41. The highest BCUT2D eigenvalue weighted by molar-refractivity contribution is 5.84. The molecule has 1 aromatic rings. The average molecular weight is 216 g/mol. The lowest BCUT2D eigenvalue weighted by Gasteiger charge is -2.30. The smallest absolute Gasteiger partial charge is 0.244 e. The van der Waals surface area contributed by atoms with E-state index in [1.165, 1.54) is 12.0 Å². The first-order valence-corrected chi connectivity index (χ1v) is 5.90. The highest BCUT2D eigenvalue weighted by Crippen LogP contribution is 2.35. The van der Waals surface area contributed by atoms with E-state index in [4.69, 9.17) is 5.73 Å². The number of hydrogen-bond donors (Lipinski definition) is 1. The third kappa shape index (κ3) is 1.35. The number of hydrogen-bond acceptors (Lipinski definition) is 2. The molecule has 84 valence electrons. The summed E-state index contributed by atoms with van der Waals surface area (Å²) in [5.41, 5.74) is 8.37. The second kappa shape index (κ2) is 3.59. The van der Waals surface area contributed by atoms with Gasteiger partial charge < -0.3 is 10.6 Å². The zero-order chi connectivity index (χ0) is 11.1. The quantitative estimate of drug-likeness (QED) is 0.712. The fourth-order valence-electron chi connectivity index (χ4n) is 2.93. The maximum absolute atomic E-state index is 12.1. The summed E-state index contributed by atoms with van der Waals surface area (Å²) in [5, 5.41) is 0. The molecule has 1 fully saturated rings. The Hall–Kier alpha value is -1.35. The molecule has 16 heavy (non-hydrogen) atoms. The van der Waals surface area contributed by atoms with Crippen molar-refractivity contribution in [3.8, 4) is 0 Å². The molecule has 0 aliphatic carbocycles. The van der Waals surface area contributed by atoms with Crippen LogP contribution in [0.2, 0.25) is 0 Å². The zero-order valence-electron chi connectivity index (χ0n) is 9.23. The van der Waals surface area contributed by atoms with E-state index in [9.17, 15) is 4.79 Å². The lowest BCUT2D eigenvalue weighted by atomic mass is 9.88. The summed E-state index contributed by atoms with van der Waals surface area (Å²) in [7, 11) is 0. The molecule has 2 bridgehead atoms. The minimum absolute atomic E-state index is 0.0923. The number of rotatable bonds is 0. The van der Waals surface area contributed by atoms with Gasteiger partial charge in [-0.1, -0.05) is 24.3 Å². The molecule has 0 saturated carbocycles. The van der Waals surface area contributed by atoms with Gasteiger partial charge in [-0.25, -0.2) is 0 Å². The second-order valence-electron chi connectivity index (χ2n) is 4.73. The fourth-order valence-corrected chi connectivity index (χ4v) is 2.93. The van der Waals surface area contributed by atoms with E-state index in [0.717, 1.165) is 25.1 Å². The first kappa shape index (κ1) is 9.85. The van der Waals surface area contributed by atoms with Gasteiger partial charge in [-0.05, 0) is 24.0 Å². The molecule has 1 saturated heterocycles. The molecule has 2 atom stereocenters. The monoisotopic (exact) mass is 216 g/mol. The fraction of sp³-hybridized carbons (Fsp3) is 0.462. The third-order valence-corrected chi connectivity index (χ3v) is 3.77. The molecule has 3 heteroatoms. The SMILES string of the molecule is NC1C(=O)N2CCCC(C2)c2ccccc21. The summed E-state index contributed by atoms with van der Waals surface area (Å²) in [4.78, 5) is 14.0. The van der Waals surface area contributed by atoms with Crippen LogP contribution in [-0.2, 0) is 4.79 Å². The van der Waals surface area contributed by atoms with Crippen LogP contribution in [0, 0.1) is 0 Å². The molecule has 0 spiro atoms. The number of amides is 1. The van der Waals surface area contributed by atoms with Crippen LogP contribution in [-0.4, -0.2) is 23.9 Å². The molecule has 2 N–H and O–H groups in total. The first-order valence-electron chi connectivity index (χ1n) is 5.90. The van der Waals surface area contributed by atoms with Crippen molar-refractivity contribution >= 4 is 5.91 Å². The van der Waals surface area contributed by atoms with Crippen molar-refractivity contribution in [3.05, 3.63) is 35.4 Å². The molecular weight excluding hydrogens is 200 g/mol. The highest BCUT2D eigenvalue weighted by atomic mass is 16.2. The molecular formula is C13H16N2O. The first-order chi connectivity index (χ1) is 7.77. The molecule has 2 heterocycles. The van der Waals surface area contributed by atoms with E-state index in [2.05, 4.69) is 6.07 Å². The number of nitrogens with zero attached hydrogens (tertiary/aromatic N) is 1. The molecule has 0 radical (unpaired) electrons. The van der Waals surface area contributed by atoms with Crippen molar-refractivity contribution in [2.24, 2.45) is 5.73 Å². The molecule has 3 nitrogen and oxygen atoms in total. The van der Waals surface area contributed by atoms with Gasteiger partial charge in [0.1, 0.15) is 6.04 Å². The van der Waals surface area contributed by atoms with Gasteiger partial charge in [0.2, 0.25) is 5.91 Å². The molecule has 1 aromatic carbocycles. The normalized spacial score (nSPS) is 28.6. The van der Waals surface area contributed by atoms with Crippen LogP contribution in [0.1, 0.15) is 35.9 Å². The number of fused-ring (bicyclic) bond motifs is 4. The maximum atomic E-state index is 12.1. The highest BCUT2D eigenvalue weighted by Gasteiger charge is 2.34. The zero-order valence-corrected chi connectivity index (χ0v) is 9.23. The minimum atomic E-state index is -0.459. The van der Waals surface area contributed by atoms with Crippen molar-refractivity contribution in [2.75, 3.05) is 13.1 Å². The van der Waals surface area contributed by atoms with Crippen LogP contribution >= 0.6 is 0 Å². The number of benzene rings is 1. The summed E-state index contributed by atoms with van der Waals surface area (Å²) in [6, 6.07) is 7.68. The Labute approximate surface area is 95.2 Å². The van der Waals surface area contributed by atoms with Crippen LogP contribution in [0.4, 0.5) is 0 Å². The van der Waals surface area contributed by atoms with Crippen LogP contribution in [0.3, 0.4) is 0 Å². The van der Waals surface area contributed by atoms with Crippen molar-refractivity contribution in [1.29, 1.82) is 0 Å². The Morgan fingerprint density at radius 2 is 2.00 bits per heavy atom. The van der Waals surface area contributed by atoms with E-state index in [1.54, 1.807) is 0 Å². The molecule has 2 aliphatic heterocycles. The van der Waals surface area contributed by atoms with Gasteiger partial charge in [-0.2, -0.15) is 0 Å². The van der Waals surface area contributed by atoms with Gasteiger partial charge in [-0.15, -0.1) is 0 Å². The van der Waals surface area contributed by atoms with Gasteiger partial charge in [0, 0.05) is 19.0 Å². The van der Waals surface area contributed by atoms with Crippen LogP contribution in [0.15, 0.2) is 24.3 Å². The Bertz CT molecular complexity index is 430. The largest absolute Gasteiger partial charge is 0.340 e. The van der Waals surface area contributed by atoms with E-state index in [1.807, 2.05) is 23.1 Å². The predicted molar refractivity (Wildman–Crippen MR) is 61.9 cm³/mol. The number of nitrogens with two attached hydrogens (primary N) is 1. The Kier molecular flexibility index (Phi) is 2.21. The lowest BCUT2D eigenvalue weighted by molar-refractivity contribution is -0.133. The summed E-state index contributed by atoms with van der Waals surface area (Å²) < 4.78 is 0. The Morgan fingerprint density at radius 1 is 1.25 bits per heavy atom. The number of carbonyl (C=O) groups excluding carboxylic acids is 1. The van der Waals surface area contributed by atoms with E-state index in [-0.39, 0.29) is 5.91 Å². The van der Waals surface area contributed by atoms with Gasteiger partial charge in [0.05, 0.1) is 0 Å². The van der Waals surface area contributed by atoms with E-state index >= 15 is 0 Å². The average Bonchev–Trinajstić information content (AvgIpc) is 2.42. The summed E-state index contributed by atoms with van der Waals surface area (Å²) >= 11 is 0. The molecule has 0 aromatic heterocycles. The van der Waals surface area contributed by atoms with Crippen molar-refractivity contribution in [3.63, 3.8) is 0 Å². The third-order valence-electron chi connectivity index (χ3n) is 3.77. The molecule has 2 unspecified atom stereocenters. The van der Waals surface area contributed by atoms with E-state index < -0.39 is 6.04 Å². The van der Waals surface area contributed by atoms with Gasteiger partial charge in [-0.3, -0.25) is 4.79 Å². The van der Waals surface area contributed by atoms with Crippen molar-refractivity contribution in [2.45, 2.75) is 24.8 Å². The van der Waals surface area contributed by atoms with Gasteiger partial charge in [0.15, 0.2) is 0 Å². The Balaban J connectivity index is 2.13. The summed E-state index contributed by atoms with van der Waals surface area (Å²) in [5.74, 6) is 0.581. The minimum Gasteiger partial charge on any atom is -0.340 e. The maximum Gasteiger partial charge on any atom is 0.244 e. The van der Waals surface area contributed by atoms with Crippen molar-refractivity contribution in [1.82, 2.24) is 4.90 Å². The topological polar surface area (TPSA) is 46.3 Å². The van der Waals surface area contributed by atoms with Crippen LogP contribution in [0.25, 0.3) is 0 Å². The summed E-state index contributed by atoms with van der Waals surface area (Å²) in [6.07, 6.45) is 2.27. The predicted octanol–water partition coefficient (Wildman–Crippen LogP) is 1.41. The van der Waals surface area contributed by atoms with Gasteiger partial charge in [0.25, 0.3) is 0 Å². The standard InChI is InChI=1S/C13H16N2O/c14-12-11-6-2-1-5-10(11)9-4-3-7-15(8-9)13(12)16/h1-2,5-6,9,12H,3-4,7-8,14H2.